The maximum absolute atomic E-state index is 12.2. The first kappa shape index (κ1) is 13.6. The summed E-state index contributed by atoms with van der Waals surface area (Å²) in [5, 5.41) is 0.388. The van der Waals surface area contributed by atoms with Crippen molar-refractivity contribution in [1.82, 2.24) is 0 Å². The molecule has 0 fully saturated rings. The fourth-order valence-corrected chi connectivity index (χ4v) is 1.44. The number of benzene rings is 1. The van der Waals surface area contributed by atoms with Gasteiger partial charge in [-0.2, -0.15) is 8.78 Å². The number of carbonyl (C=O) groups excluding carboxylic acids is 1. The smallest absolute Gasteiger partial charge is 0.387 e. The minimum atomic E-state index is -2.91. The Labute approximate surface area is 103 Å². The molecular weight excluding hydrogens is 250 g/mol. The number of halogens is 3. The van der Waals surface area contributed by atoms with Crippen molar-refractivity contribution < 1.29 is 18.3 Å². The van der Waals surface area contributed by atoms with Gasteiger partial charge >= 0.3 is 6.61 Å². The van der Waals surface area contributed by atoms with E-state index in [1.54, 1.807) is 6.92 Å². The van der Waals surface area contributed by atoms with Crippen LogP contribution in [0.4, 0.5) is 8.78 Å². The second kappa shape index (κ2) is 6.35. The fraction of sp³-hybridized carbons (Fsp3) is 0.250. The minimum Gasteiger partial charge on any atom is -0.434 e. The van der Waals surface area contributed by atoms with E-state index in [-0.39, 0.29) is 5.75 Å². The topological polar surface area (TPSA) is 26.3 Å². The van der Waals surface area contributed by atoms with Crippen molar-refractivity contribution in [2.75, 3.05) is 0 Å². The Balaban J connectivity index is 3.14. The average molecular weight is 261 g/mol. The summed E-state index contributed by atoms with van der Waals surface area (Å²) in [6.07, 6.45) is 2.66. The number of hydrogen-bond donors (Lipinski definition) is 0. The largest absolute Gasteiger partial charge is 0.434 e. The van der Waals surface area contributed by atoms with Crippen LogP contribution < -0.4 is 4.74 Å². The highest BCUT2D eigenvalue weighted by Crippen LogP contribution is 2.26. The highest BCUT2D eigenvalue weighted by atomic mass is 35.5. The van der Waals surface area contributed by atoms with Crippen LogP contribution in [0.2, 0.25) is 5.02 Å². The molecule has 0 aromatic heterocycles. The third kappa shape index (κ3) is 4.15. The van der Waals surface area contributed by atoms with Gasteiger partial charge in [0.25, 0.3) is 0 Å². The van der Waals surface area contributed by atoms with Crippen LogP contribution >= 0.6 is 11.6 Å². The van der Waals surface area contributed by atoms with Crippen LogP contribution in [0.3, 0.4) is 0 Å². The molecule has 2 nitrogen and oxygen atoms in total. The normalized spacial score (nSPS) is 11.7. The molecule has 0 radical (unpaired) electrons. The Kier molecular flexibility index (Phi) is 5.10. The number of alkyl halides is 2. The molecule has 0 amide bonds. The van der Waals surface area contributed by atoms with Gasteiger partial charge in [-0.1, -0.05) is 18.5 Å². The van der Waals surface area contributed by atoms with Gasteiger partial charge in [-0.3, -0.25) is 4.79 Å². The molecular formula is C12H11ClF2O2. The van der Waals surface area contributed by atoms with Crippen LogP contribution in [0.15, 0.2) is 23.8 Å². The standard InChI is InChI=1S/C12H11ClF2O2/c1-2-8(7-16)5-9-6-10(13)3-4-11(9)17-12(14)15/h3-7,12H,2H2,1H3. The summed E-state index contributed by atoms with van der Waals surface area (Å²) in [6.45, 7) is -1.12. The Morgan fingerprint density at radius 3 is 2.76 bits per heavy atom. The molecule has 0 saturated heterocycles. The van der Waals surface area contributed by atoms with E-state index in [1.807, 2.05) is 0 Å². The lowest BCUT2D eigenvalue weighted by Gasteiger charge is -2.08. The summed E-state index contributed by atoms with van der Waals surface area (Å²) in [6, 6.07) is 4.26. The van der Waals surface area contributed by atoms with Crippen molar-refractivity contribution in [3.8, 4) is 5.75 Å². The molecule has 1 aromatic carbocycles. The molecule has 92 valence electrons. The van der Waals surface area contributed by atoms with E-state index in [0.29, 0.717) is 28.9 Å². The van der Waals surface area contributed by atoms with Gasteiger partial charge in [0.1, 0.15) is 12.0 Å². The molecule has 1 rings (SSSR count). The molecule has 0 N–H and O–H groups in total. The first-order chi connectivity index (χ1) is 8.06. The van der Waals surface area contributed by atoms with Crippen molar-refractivity contribution in [1.29, 1.82) is 0 Å². The first-order valence-corrected chi connectivity index (χ1v) is 5.34. The van der Waals surface area contributed by atoms with Gasteiger partial charge in [0.15, 0.2) is 0 Å². The van der Waals surface area contributed by atoms with Crippen LogP contribution in [-0.2, 0) is 4.79 Å². The zero-order valence-corrected chi connectivity index (χ0v) is 9.88. The monoisotopic (exact) mass is 260 g/mol. The van der Waals surface area contributed by atoms with Gasteiger partial charge in [0.05, 0.1) is 0 Å². The van der Waals surface area contributed by atoms with Crippen molar-refractivity contribution in [3.63, 3.8) is 0 Å². The molecule has 17 heavy (non-hydrogen) atoms. The summed E-state index contributed by atoms with van der Waals surface area (Å²) < 4.78 is 28.7. The molecule has 0 saturated carbocycles. The summed E-state index contributed by atoms with van der Waals surface area (Å²) in [5.74, 6) is -0.00259. The Morgan fingerprint density at radius 1 is 1.53 bits per heavy atom. The number of rotatable bonds is 5. The lowest BCUT2D eigenvalue weighted by atomic mass is 10.1. The number of ether oxygens (including phenoxy) is 1. The minimum absolute atomic E-state index is 0.00259. The van der Waals surface area contributed by atoms with E-state index in [4.69, 9.17) is 11.6 Å². The Morgan fingerprint density at radius 2 is 2.24 bits per heavy atom. The molecule has 0 heterocycles. The SMILES string of the molecule is CCC(C=O)=Cc1cc(Cl)ccc1OC(F)F. The summed E-state index contributed by atoms with van der Waals surface area (Å²) >= 11 is 5.76. The number of hydrogen-bond acceptors (Lipinski definition) is 2. The van der Waals surface area contributed by atoms with E-state index in [1.165, 1.54) is 24.3 Å². The predicted octanol–water partition coefficient (Wildman–Crippen LogP) is 3.93. The highest BCUT2D eigenvalue weighted by Gasteiger charge is 2.09. The van der Waals surface area contributed by atoms with E-state index in [2.05, 4.69) is 4.74 Å². The Hall–Kier alpha value is -1.42. The zero-order valence-electron chi connectivity index (χ0n) is 9.12. The fourth-order valence-electron chi connectivity index (χ4n) is 1.25. The molecule has 0 bridgehead atoms. The van der Waals surface area contributed by atoms with E-state index in [9.17, 15) is 13.6 Å². The second-order valence-electron chi connectivity index (χ2n) is 3.25. The van der Waals surface area contributed by atoms with Gasteiger partial charge in [0.2, 0.25) is 0 Å². The number of carbonyl (C=O) groups is 1. The zero-order chi connectivity index (χ0) is 12.8. The van der Waals surface area contributed by atoms with Crippen LogP contribution in [0, 0.1) is 0 Å². The maximum Gasteiger partial charge on any atom is 0.387 e. The molecule has 0 aliphatic carbocycles. The van der Waals surface area contributed by atoms with Crippen molar-refractivity contribution in [3.05, 3.63) is 34.4 Å². The average Bonchev–Trinajstić information content (AvgIpc) is 2.28. The molecule has 1 aromatic rings. The molecule has 0 spiro atoms. The third-order valence-electron chi connectivity index (χ3n) is 2.09. The number of allylic oxidation sites excluding steroid dienone is 1. The summed E-state index contributed by atoms with van der Waals surface area (Å²) in [7, 11) is 0. The first-order valence-electron chi connectivity index (χ1n) is 4.97. The van der Waals surface area contributed by atoms with Crippen LogP contribution in [0.1, 0.15) is 18.9 Å². The van der Waals surface area contributed by atoms with Gasteiger partial charge in [-0.15, -0.1) is 0 Å². The molecule has 0 aliphatic rings. The second-order valence-corrected chi connectivity index (χ2v) is 3.69. The van der Waals surface area contributed by atoms with Crippen molar-refractivity contribution in [2.24, 2.45) is 0 Å². The van der Waals surface area contributed by atoms with Crippen LogP contribution in [0.25, 0.3) is 6.08 Å². The maximum atomic E-state index is 12.2. The molecule has 0 aliphatic heterocycles. The lowest BCUT2D eigenvalue weighted by molar-refractivity contribution is -0.104. The van der Waals surface area contributed by atoms with Gasteiger partial charge < -0.3 is 4.74 Å². The van der Waals surface area contributed by atoms with Crippen molar-refractivity contribution in [2.45, 2.75) is 20.0 Å². The van der Waals surface area contributed by atoms with Gasteiger partial charge in [0, 0.05) is 10.6 Å². The number of aldehydes is 1. The van der Waals surface area contributed by atoms with E-state index < -0.39 is 6.61 Å². The molecule has 5 heteroatoms. The van der Waals surface area contributed by atoms with Gasteiger partial charge in [-0.25, -0.2) is 0 Å². The van der Waals surface area contributed by atoms with E-state index in [0.717, 1.165) is 0 Å². The van der Waals surface area contributed by atoms with Gasteiger partial charge in [-0.05, 0) is 36.3 Å². The molecule has 0 unspecified atom stereocenters. The highest BCUT2D eigenvalue weighted by molar-refractivity contribution is 6.30. The molecule has 0 atom stereocenters. The lowest BCUT2D eigenvalue weighted by Crippen LogP contribution is -2.03. The Bertz CT molecular complexity index is 431. The quantitative estimate of drug-likeness (QED) is 0.592. The van der Waals surface area contributed by atoms with Crippen molar-refractivity contribution >= 4 is 24.0 Å². The van der Waals surface area contributed by atoms with E-state index >= 15 is 0 Å². The van der Waals surface area contributed by atoms with Crippen LogP contribution in [-0.4, -0.2) is 12.9 Å². The predicted molar refractivity (Wildman–Crippen MR) is 62.4 cm³/mol. The summed E-state index contributed by atoms with van der Waals surface area (Å²) in [5.41, 5.74) is 0.841. The summed E-state index contributed by atoms with van der Waals surface area (Å²) in [4.78, 5) is 10.7. The third-order valence-corrected chi connectivity index (χ3v) is 2.32. The van der Waals surface area contributed by atoms with Crippen LogP contribution in [0.5, 0.6) is 5.75 Å².